The molecule has 16 heavy (non-hydrogen) atoms. The highest BCUT2D eigenvalue weighted by atomic mass is 16.5. The molecule has 1 aromatic rings. The van der Waals surface area contributed by atoms with Gasteiger partial charge in [-0.1, -0.05) is 36.9 Å². The molecule has 0 radical (unpaired) electrons. The molecule has 0 heterocycles. The maximum Gasteiger partial charge on any atom is 0.0721 e. The van der Waals surface area contributed by atoms with Gasteiger partial charge in [0.05, 0.1) is 13.2 Å². The van der Waals surface area contributed by atoms with E-state index < -0.39 is 0 Å². The number of benzene rings is 1. The maximum absolute atomic E-state index is 5.59. The van der Waals surface area contributed by atoms with Crippen molar-refractivity contribution < 1.29 is 4.74 Å². The van der Waals surface area contributed by atoms with Crippen LogP contribution in [0.3, 0.4) is 0 Å². The second-order valence-corrected chi connectivity index (χ2v) is 4.38. The Morgan fingerprint density at radius 2 is 2.06 bits per heavy atom. The summed E-state index contributed by atoms with van der Waals surface area (Å²) in [5.74, 6) is 0. The van der Waals surface area contributed by atoms with Crippen molar-refractivity contribution in [2.24, 2.45) is 0 Å². The largest absolute Gasteiger partial charge is 0.372 e. The van der Waals surface area contributed by atoms with Crippen LogP contribution in [0.1, 0.15) is 18.4 Å². The van der Waals surface area contributed by atoms with Gasteiger partial charge in [-0.25, -0.2) is 0 Å². The Kier molecular flexibility index (Phi) is 4.14. The van der Waals surface area contributed by atoms with Crippen LogP contribution in [0.15, 0.2) is 42.5 Å². The van der Waals surface area contributed by atoms with E-state index in [1.165, 1.54) is 18.4 Å². The van der Waals surface area contributed by atoms with E-state index in [9.17, 15) is 0 Å². The standard InChI is InChI=1S/C14H19NO/c1-12(9-15-14-7-8-14)10-16-11-13-5-3-2-4-6-13/h2-6,14-15H,1,7-11H2. The van der Waals surface area contributed by atoms with Crippen molar-refractivity contribution in [3.63, 3.8) is 0 Å². The Hall–Kier alpha value is -1.12. The molecule has 1 saturated carbocycles. The topological polar surface area (TPSA) is 21.3 Å². The lowest BCUT2D eigenvalue weighted by Crippen LogP contribution is -2.20. The lowest BCUT2D eigenvalue weighted by Gasteiger charge is -2.08. The lowest BCUT2D eigenvalue weighted by atomic mass is 10.2. The van der Waals surface area contributed by atoms with Gasteiger partial charge in [-0.05, 0) is 24.0 Å². The zero-order valence-electron chi connectivity index (χ0n) is 9.61. The first-order valence-electron chi connectivity index (χ1n) is 5.86. The summed E-state index contributed by atoms with van der Waals surface area (Å²) in [5, 5.41) is 3.43. The highest BCUT2D eigenvalue weighted by molar-refractivity contribution is 5.13. The summed E-state index contributed by atoms with van der Waals surface area (Å²) < 4.78 is 5.59. The van der Waals surface area contributed by atoms with Crippen LogP contribution < -0.4 is 5.32 Å². The third-order valence-corrected chi connectivity index (χ3v) is 2.64. The highest BCUT2D eigenvalue weighted by Crippen LogP contribution is 2.18. The van der Waals surface area contributed by atoms with Crippen LogP contribution in [0.5, 0.6) is 0 Å². The predicted molar refractivity (Wildman–Crippen MR) is 66.3 cm³/mol. The minimum atomic E-state index is 0.647. The third-order valence-electron chi connectivity index (χ3n) is 2.64. The summed E-state index contributed by atoms with van der Waals surface area (Å²) >= 11 is 0. The van der Waals surface area contributed by atoms with Gasteiger partial charge in [0.15, 0.2) is 0 Å². The van der Waals surface area contributed by atoms with Crippen molar-refractivity contribution in [3.8, 4) is 0 Å². The molecule has 86 valence electrons. The molecule has 0 saturated heterocycles. The molecule has 1 fully saturated rings. The van der Waals surface area contributed by atoms with E-state index in [0.29, 0.717) is 13.2 Å². The first-order valence-corrected chi connectivity index (χ1v) is 5.86. The molecule has 0 spiro atoms. The number of rotatable bonds is 7. The van der Waals surface area contributed by atoms with Gasteiger partial charge in [0, 0.05) is 12.6 Å². The molecule has 2 rings (SSSR count). The Morgan fingerprint density at radius 1 is 1.31 bits per heavy atom. The van der Waals surface area contributed by atoms with Gasteiger partial charge in [-0.15, -0.1) is 0 Å². The van der Waals surface area contributed by atoms with Gasteiger partial charge < -0.3 is 10.1 Å². The molecule has 0 amide bonds. The Bertz CT molecular complexity index is 330. The van der Waals surface area contributed by atoms with E-state index in [1.54, 1.807) is 0 Å². The van der Waals surface area contributed by atoms with E-state index in [1.807, 2.05) is 18.2 Å². The van der Waals surface area contributed by atoms with Crippen molar-refractivity contribution >= 4 is 0 Å². The lowest BCUT2D eigenvalue weighted by molar-refractivity contribution is 0.141. The van der Waals surface area contributed by atoms with Gasteiger partial charge in [0.1, 0.15) is 0 Å². The van der Waals surface area contributed by atoms with E-state index in [2.05, 4.69) is 24.0 Å². The first-order chi connectivity index (χ1) is 7.84. The average molecular weight is 217 g/mol. The highest BCUT2D eigenvalue weighted by Gasteiger charge is 2.19. The number of hydrogen-bond donors (Lipinski definition) is 1. The van der Waals surface area contributed by atoms with Gasteiger partial charge in [0.25, 0.3) is 0 Å². The summed E-state index contributed by atoms with van der Waals surface area (Å²) in [6.07, 6.45) is 2.64. The molecule has 0 bridgehead atoms. The Morgan fingerprint density at radius 3 is 2.75 bits per heavy atom. The van der Waals surface area contributed by atoms with Crippen molar-refractivity contribution in [2.75, 3.05) is 13.2 Å². The molecule has 1 aliphatic carbocycles. The van der Waals surface area contributed by atoms with Gasteiger partial charge in [0.2, 0.25) is 0 Å². The number of hydrogen-bond acceptors (Lipinski definition) is 2. The van der Waals surface area contributed by atoms with Crippen molar-refractivity contribution in [1.82, 2.24) is 5.32 Å². The predicted octanol–water partition coefficient (Wildman–Crippen LogP) is 2.51. The van der Waals surface area contributed by atoms with Gasteiger partial charge in [-0.2, -0.15) is 0 Å². The maximum atomic E-state index is 5.59. The second-order valence-electron chi connectivity index (χ2n) is 4.38. The molecule has 0 aromatic heterocycles. The van der Waals surface area contributed by atoms with E-state index in [4.69, 9.17) is 4.74 Å². The smallest absolute Gasteiger partial charge is 0.0721 e. The summed E-state index contributed by atoms with van der Waals surface area (Å²) in [5.41, 5.74) is 2.34. The fourth-order valence-electron chi connectivity index (χ4n) is 1.51. The summed E-state index contributed by atoms with van der Waals surface area (Å²) in [6, 6.07) is 11.0. The number of nitrogens with one attached hydrogen (secondary N) is 1. The number of ether oxygens (including phenoxy) is 1. The molecule has 0 aliphatic heterocycles. The van der Waals surface area contributed by atoms with Crippen LogP contribution in [0.2, 0.25) is 0 Å². The quantitative estimate of drug-likeness (QED) is 0.709. The van der Waals surface area contributed by atoms with E-state index in [0.717, 1.165) is 18.2 Å². The summed E-state index contributed by atoms with van der Waals surface area (Å²) in [6.45, 7) is 6.20. The van der Waals surface area contributed by atoms with Crippen LogP contribution >= 0.6 is 0 Å². The average Bonchev–Trinajstić information content (AvgIpc) is 3.12. The van der Waals surface area contributed by atoms with E-state index in [-0.39, 0.29) is 0 Å². The van der Waals surface area contributed by atoms with Crippen LogP contribution in [-0.4, -0.2) is 19.2 Å². The zero-order chi connectivity index (χ0) is 11.2. The first kappa shape index (κ1) is 11.4. The van der Waals surface area contributed by atoms with Crippen LogP contribution in [0.25, 0.3) is 0 Å². The van der Waals surface area contributed by atoms with Gasteiger partial charge >= 0.3 is 0 Å². The van der Waals surface area contributed by atoms with Crippen LogP contribution in [-0.2, 0) is 11.3 Å². The monoisotopic (exact) mass is 217 g/mol. The minimum Gasteiger partial charge on any atom is -0.372 e. The fraction of sp³-hybridized carbons (Fsp3) is 0.429. The SMILES string of the molecule is C=C(CNC1CC1)COCc1ccccc1. The summed E-state index contributed by atoms with van der Waals surface area (Å²) in [4.78, 5) is 0. The third kappa shape index (κ3) is 4.17. The molecule has 0 atom stereocenters. The Balaban J connectivity index is 1.58. The molecular weight excluding hydrogens is 198 g/mol. The molecule has 1 N–H and O–H groups in total. The van der Waals surface area contributed by atoms with Crippen molar-refractivity contribution in [1.29, 1.82) is 0 Å². The van der Waals surface area contributed by atoms with Crippen molar-refractivity contribution in [3.05, 3.63) is 48.0 Å². The summed E-state index contributed by atoms with van der Waals surface area (Å²) in [7, 11) is 0. The zero-order valence-corrected chi connectivity index (χ0v) is 9.61. The fourth-order valence-corrected chi connectivity index (χ4v) is 1.51. The van der Waals surface area contributed by atoms with Gasteiger partial charge in [-0.3, -0.25) is 0 Å². The van der Waals surface area contributed by atoms with E-state index >= 15 is 0 Å². The molecule has 2 nitrogen and oxygen atoms in total. The van der Waals surface area contributed by atoms with Crippen LogP contribution in [0, 0.1) is 0 Å². The molecule has 0 unspecified atom stereocenters. The normalized spacial score (nSPS) is 15.0. The Labute approximate surface area is 97.3 Å². The molecule has 1 aliphatic rings. The second kappa shape index (κ2) is 5.83. The minimum absolute atomic E-state index is 0.647. The molecule has 1 aromatic carbocycles. The molecule has 2 heteroatoms. The van der Waals surface area contributed by atoms with Crippen molar-refractivity contribution in [2.45, 2.75) is 25.5 Å². The van der Waals surface area contributed by atoms with Crippen LogP contribution in [0.4, 0.5) is 0 Å². The molecular formula is C14H19NO.